The van der Waals surface area contributed by atoms with Crippen molar-refractivity contribution in [2.75, 3.05) is 0 Å². The lowest BCUT2D eigenvalue weighted by molar-refractivity contribution is -0.144. The van der Waals surface area contributed by atoms with E-state index < -0.39 is 11.5 Å². The van der Waals surface area contributed by atoms with Crippen LogP contribution in [0.15, 0.2) is 28.8 Å². The lowest BCUT2D eigenvalue weighted by atomic mass is 9.99. The van der Waals surface area contributed by atoms with Crippen molar-refractivity contribution < 1.29 is 14.4 Å². The van der Waals surface area contributed by atoms with Gasteiger partial charge in [-0.25, -0.2) is 0 Å². The fourth-order valence-corrected chi connectivity index (χ4v) is 1.79. The number of carbonyl (C=O) groups is 1. The van der Waals surface area contributed by atoms with E-state index in [9.17, 15) is 9.90 Å². The minimum atomic E-state index is -1.01. The summed E-state index contributed by atoms with van der Waals surface area (Å²) in [7, 11) is 0. The molecule has 0 amide bonds. The lowest BCUT2D eigenvalue weighted by Crippen LogP contribution is -2.48. The summed E-state index contributed by atoms with van der Waals surface area (Å²) in [5.74, 6) is -0.135. The second kappa shape index (κ2) is 6.24. The Hall–Kier alpha value is -1.92. The van der Waals surface area contributed by atoms with E-state index in [4.69, 9.17) is 16.1 Å². The van der Waals surface area contributed by atoms with Crippen molar-refractivity contribution in [1.82, 2.24) is 15.5 Å². The van der Waals surface area contributed by atoms with Gasteiger partial charge in [0.15, 0.2) is 5.82 Å². The van der Waals surface area contributed by atoms with Crippen molar-refractivity contribution in [1.29, 1.82) is 0 Å². The standard InChI is InChI=1S/C14H16ClN3O3/c1-3-14(2,13(19)20)16-8-11-17-12(21-18-11)9-4-6-10(15)7-5-9/h4-7,16H,3,8H2,1-2H3,(H,19,20). The van der Waals surface area contributed by atoms with Gasteiger partial charge in [-0.15, -0.1) is 0 Å². The Balaban J connectivity index is 2.07. The van der Waals surface area contributed by atoms with Crippen molar-refractivity contribution in [2.24, 2.45) is 0 Å². The maximum atomic E-state index is 11.2. The van der Waals surface area contributed by atoms with E-state index in [2.05, 4.69) is 15.5 Å². The Morgan fingerprint density at radius 1 is 1.43 bits per heavy atom. The Labute approximate surface area is 127 Å². The molecule has 0 aliphatic carbocycles. The Kier molecular flexibility index (Phi) is 4.59. The smallest absolute Gasteiger partial charge is 0.323 e. The quantitative estimate of drug-likeness (QED) is 0.853. The van der Waals surface area contributed by atoms with Gasteiger partial charge in [0, 0.05) is 10.6 Å². The molecule has 7 heteroatoms. The summed E-state index contributed by atoms with van der Waals surface area (Å²) < 4.78 is 5.16. The number of hydrogen-bond acceptors (Lipinski definition) is 5. The second-order valence-corrected chi connectivity index (χ2v) is 5.30. The molecule has 21 heavy (non-hydrogen) atoms. The zero-order valence-corrected chi connectivity index (χ0v) is 12.5. The minimum Gasteiger partial charge on any atom is -0.480 e. The molecule has 1 unspecified atom stereocenters. The van der Waals surface area contributed by atoms with Gasteiger partial charge >= 0.3 is 5.97 Å². The maximum Gasteiger partial charge on any atom is 0.323 e. The van der Waals surface area contributed by atoms with Gasteiger partial charge in [0.05, 0.1) is 6.54 Å². The van der Waals surface area contributed by atoms with Crippen LogP contribution < -0.4 is 5.32 Å². The topological polar surface area (TPSA) is 88.3 Å². The van der Waals surface area contributed by atoms with E-state index >= 15 is 0 Å². The van der Waals surface area contributed by atoms with E-state index in [1.54, 1.807) is 38.1 Å². The van der Waals surface area contributed by atoms with Crippen LogP contribution in [0.4, 0.5) is 0 Å². The zero-order chi connectivity index (χ0) is 15.5. The molecule has 0 saturated carbocycles. The molecular weight excluding hydrogens is 294 g/mol. The molecule has 0 bridgehead atoms. The van der Waals surface area contributed by atoms with E-state index in [0.717, 1.165) is 5.56 Å². The summed E-state index contributed by atoms with van der Waals surface area (Å²) in [5, 5.41) is 16.6. The number of nitrogens with one attached hydrogen (secondary N) is 1. The molecule has 2 N–H and O–H groups in total. The number of halogens is 1. The van der Waals surface area contributed by atoms with Gasteiger partial charge in [-0.3, -0.25) is 10.1 Å². The number of aromatic nitrogens is 2. The third-order valence-electron chi connectivity index (χ3n) is 3.38. The van der Waals surface area contributed by atoms with Crippen LogP contribution in [-0.2, 0) is 11.3 Å². The number of nitrogens with zero attached hydrogens (tertiary/aromatic N) is 2. The molecular formula is C14H16ClN3O3. The fourth-order valence-electron chi connectivity index (χ4n) is 1.66. The Bertz CT molecular complexity index is 627. The summed E-state index contributed by atoms with van der Waals surface area (Å²) >= 11 is 5.82. The molecule has 1 atom stereocenters. The van der Waals surface area contributed by atoms with Crippen molar-refractivity contribution in [3.8, 4) is 11.5 Å². The van der Waals surface area contributed by atoms with Gasteiger partial charge in [-0.2, -0.15) is 4.98 Å². The first-order valence-electron chi connectivity index (χ1n) is 6.51. The van der Waals surface area contributed by atoms with Gasteiger partial charge < -0.3 is 9.63 Å². The van der Waals surface area contributed by atoms with Crippen molar-refractivity contribution in [2.45, 2.75) is 32.4 Å². The number of hydrogen-bond donors (Lipinski definition) is 2. The van der Waals surface area contributed by atoms with Crippen LogP contribution >= 0.6 is 11.6 Å². The van der Waals surface area contributed by atoms with Gasteiger partial charge in [0.1, 0.15) is 5.54 Å². The highest BCUT2D eigenvalue weighted by molar-refractivity contribution is 6.30. The number of aliphatic carboxylic acids is 1. The molecule has 0 aliphatic rings. The average molecular weight is 310 g/mol. The SMILES string of the molecule is CCC(C)(NCc1noc(-c2ccc(Cl)cc2)n1)C(=O)O. The monoisotopic (exact) mass is 309 g/mol. The third kappa shape index (κ3) is 3.59. The van der Waals surface area contributed by atoms with Gasteiger partial charge in [0.25, 0.3) is 5.89 Å². The van der Waals surface area contributed by atoms with Crippen LogP contribution in [0, 0.1) is 0 Å². The molecule has 0 radical (unpaired) electrons. The van der Waals surface area contributed by atoms with Crippen LogP contribution in [-0.4, -0.2) is 26.8 Å². The van der Waals surface area contributed by atoms with Crippen molar-refractivity contribution in [3.63, 3.8) is 0 Å². The van der Waals surface area contributed by atoms with Gasteiger partial charge in [-0.05, 0) is 37.6 Å². The molecule has 0 fully saturated rings. The third-order valence-corrected chi connectivity index (χ3v) is 3.63. The van der Waals surface area contributed by atoms with E-state index in [0.29, 0.717) is 23.2 Å². The summed E-state index contributed by atoms with van der Waals surface area (Å²) in [6.07, 6.45) is 0.449. The highest BCUT2D eigenvalue weighted by atomic mass is 35.5. The zero-order valence-electron chi connectivity index (χ0n) is 11.8. The number of rotatable bonds is 6. The fraction of sp³-hybridized carbons (Fsp3) is 0.357. The molecule has 1 aromatic carbocycles. The summed E-state index contributed by atoms with van der Waals surface area (Å²) in [6, 6.07) is 7.02. The highest BCUT2D eigenvalue weighted by Crippen LogP contribution is 2.20. The summed E-state index contributed by atoms with van der Waals surface area (Å²) in [5.41, 5.74) is -0.254. The lowest BCUT2D eigenvalue weighted by Gasteiger charge is -2.23. The Morgan fingerprint density at radius 3 is 2.67 bits per heavy atom. The van der Waals surface area contributed by atoms with E-state index in [1.807, 2.05) is 0 Å². The van der Waals surface area contributed by atoms with E-state index in [-0.39, 0.29) is 6.54 Å². The molecule has 112 valence electrons. The predicted octanol–water partition coefficient (Wildman–Crippen LogP) is 2.73. The largest absolute Gasteiger partial charge is 0.480 e. The molecule has 0 saturated heterocycles. The number of carboxylic acids is 1. The highest BCUT2D eigenvalue weighted by Gasteiger charge is 2.30. The van der Waals surface area contributed by atoms with Crippen molar-refractivity contribution in [3.05, 3.63) is 35.1 Å². The number of benzene rings is 1. The van der Waals surface area contributed by atoms with Crippen LogP contribution in [0.25, 0.3) is 11.5 Å². The van der Waals surface area contributed by atoms with Crippen LogP contribution in [0.2, 0.25) is 5.02 Å². The first-order valence-corrected chi connectivity index (χ1v) is 6.89. The first-order chi connectivity index (χ1) is 9.94. The maximum absolute atomic E-state index is 11.2. The molecule has 1 aromatic heterocycles. The number of carboxylic acid groups (broad SMARTS) is 1. The summed E-state index contributed by atoms with van der Waals surface area (Å²) in [6.45, 7) is 3.64. The van der Waals surface area contributed by atoms with Crippen molar-refractivity contribution >= 4 is 17.6 Å². The van der Waals surface area contributed by atoms with Crippen LogP contribution in [0.5, 0.6) is 0 Å². The molecule has 0 aliphatic heterocycles. The van der Waals surface area contributed by atoms with Gasteiger partial charge in [-0.1, -0.05) is 23.7 Å². The first kappa shape index (κ1) is 15.5. The average Bonchev–Trinajstić information content (AvgIpc) is 2.94. The van der Waals surface area contributed by atoms with Gasteiger partial charge in [0.2, 0.25) is 0 Å². The normalized spacial score (nSPS) is 13.9. The molecule has 2 rings (SSSR count). The minimum absolute atomic E-state index is 0.216. The molecule has 1 heterocycles. The predicted molar refractivity (Wildman–Crippen MR) is 77.9 cm³/mol. The molecule has 0 spiro atoms. The second-order valence-electron chi connectivity index (χ2n) is 4.87. The molecule has 6 nitrogen and oxygen atoms in total. The molecule has 2 aromatic rings. The van der Waals surface area contributed by atoms with E-state index in [1.165, 1.54) is 0 Å². The summed E-state index contributed by atoms with van der Waals surface area (Å²) in [4.78, 5) is 15.4. The Morgan fingerprint density at radius 2 is 2.10 bits per heavy atom. The van der Waals surface area contributed by atoms with Crippen LogP contribution in [0.3, 0.4) is 0 Å². The van der Waals surface area contributed by atoms with Crippen LogP contribution in [0.1, 0.15) is 26.1 Å².